The van der Waals surface area contributed by atoms with Gasteiger partial charge in [-0.15, -0.1) is 0 Å². The van der Waals surface area contributed by atoms with Crippen LogP contribution in [0.4, 0.5) is 5.69 Å². The summed E-state index contributed by atoms with van der Waals surface area (Å²) in [6, 6.07) is 8.08. The van der Waals surface area contributed by atoms with E-state index < -0.39 is 0 Å². The Morgan fingerprint density at radius 3 is 2.71 bits per heavy atom. The maximum Gasteiger partial charge on any atom is 0.227 e. The van der Waals surface area contributed by atoms with Crippen molar-refractivity contribution in [3.63, 3.8) is 0 Å². The third-order valence-corrected chi connectivity index (χ3v) is 3.42. The predicted molar refractivity (Wildman–Crippen MR) is 70.2 cm³/mol. The van der Waals surface area contributed by atoms with Crippen molar-refractivity contribution >= 4 is 11.6 Å². The molecule has 0 radical (unpaired) electrons. The summed E-state index contributed by atoms with van der Waals surface area (Å²) < 4.78 is 0. The number of nitrogens with zero attached hydrogens (tertiary/aromatic N) is 1. The van der Waals surface area contributed by atoms with Crippen molar-refractivity contribution < 1.29 is 4.79 Å². The number of carbonyl (C=O) groups excluding carboxylic acids is 1. The van der Waals surface area contributed by atoms with Crippen LogP contribution in [0.3, 0.4) is 0 Å². The number of nitrogens with one attached hydrogen (secondary N) is 1. The fraction of sp³-hybridized carbons (Fsp3) is 0.500. The molecule has 0 bridgehead atoms. The average Bonchev–Trinajstić information content (AvgIpc) is 2.82. The van der Waals surface area contributed by atoms with E-state index in [0.717, 1.165) is 25.2 Å². The van der Waals surface area contributed by atoms with Crippen LogP contribution in [0.15, 0.2) is 24.3 Å². The summed E-state index contributed by atoms with van der Waals surface area (Å²) in [4.78, 5) is 13.8. The van der Waals surface area contributed by atoms with Crippen LogP contribution in [0.2, 0.25) is 0 Å². The van der Waals surface area contributed by atoms with E-state index in [4.69, 9.17) is 0 Å². The van der Waals surface area contributed by atoms with Crippen molar-refractivity contribution in [3.05, 3.63) is 29.8 Å². The Bertz CT molecular complexity index is 380. The van der Waals surface area contributed by atoms with Crippen molar-refractivity contribution in [2.24, 2.45) is 5.92 Å². The molecule has 1 heterocycles. The van der Waals surface area contributed by atoms with Crippen molar-refractivity contribution in [3.8, 4) is 0 Å². The van der Waals surface area contributed by atoms with Gasteiger partial charge in [-0.3, -0.25) is 4.79 Å². The van der Waals surface area contributed by atoms with E-state index in [9.17, 15) is 4.79 Å². The summed E-state index contributed by atoms with van der Waals surface area (Å²) in [5.74, 6) is 0.720. The highest BCUT2D eigenvalue weighted by atomic mass is 16.2. The molecule has 92 valence electrons. The molecule has 3 heteroatoms. The first-order chi connectivity index (χ1) is 8.16. The highest BCUT2D eigenvalue weighted by molar-refractivity contribution is 5.92. The van der Waals surface area contributed by atoms with Crippen LogP contribution in [0, 0.1) is 12.8 Å². The van der Waals surface area contributed by atoms with E-state index in [1.807, 2.05) is 31.3 Å². The van der Waals surface area contributed by atoms with Crippen LogP contribution in [0.5, 0.6) is 0 Å². The topological polar surface area (TPSA) is 32.3 Å². The molecule has 2 rings (SSSR count). The van der Waals surface area contributed by atoms with Gasteiger partial charge in [-0.1, -0.05) is 17.7 Å². The number of benzene rings is 1. The van der Waals surface area contributed by atoms with Gasteiger partial charge in [0.15, 0.2) is 0 Å². The molecule has 1 N–H and O–H groups in total. The van der Waals surface area contributed by atoms with Gasteiger partial charge in [0, 0.05) is 19.2 Å². The van der Waals surface area contributed by atoms with E-state index >= 15 is 0 Å². The predicted octanol–water partition coefficient (Wildman–Crippen LogP) is 1.96. The number of anilines is 1. The van der Waals surface area contributed by atoms with E-state index in [1.165, 1.54) is 5.56 Å². The number of rotatable bonds is 3. The molecule has 17 heavy (non-hydrogen) atoms. The quantitative estimate of drug-likeness (QED) is 0.864. The first-order valence-electron chi connectivity index (χ1n) is 6.21. The molecule has 1 fully saturated rings. The lowest BCUT2D eigenvalue weighted by atomic mass is 10.0. The summed E-state index contributed by atoms with van der Waals surface area (Å²) in [5.41, 5.74) is 2.20. The van der Waals surface area contributed by atoms with Crippen LogP contribution in [-0.2, 0) is 4.79 Å². The third kappa shape index (κ3) is 3.07. The van der Waals surface area contributed by atoms with Crippen LogP contribution in [0.25, 0.3) is 0 Å². The zero-order valence-electron chi connectivity index (χ0n) is 10.6. The van der Waals surface area contributed by atoms with E-state index in [-0.39, 0.29) is 5.91 Å². The van der Waals surface area contributed by atoms with Crippen LogP contribution in [-0.4, -0.2) is 26.0 Å². The molecule has 1 aromatic carbocycles. The minimum absolute atomic E-state index is 0.211. The average molecular weight is 232 g/mol. The van der Waals surface area contributed by atoms with E-state index in [0.29, 0.717) is 12.3 Å². The SMILES string of the molecule is Cc1ccc(N(C)C(=O)CC2CCNC2)cc1. The highest BCUT2D eigenvalue weighted by Gasteiger charge is 2.20. The normalized spacial score (nSPS) is 19.3. The number of carbonyl (C=O) groups is 1. The molecule has 1 unspecified atom stereocenters. The fourth-order valence-electron chi connectivity index (χ4n) is 2.18. The van der Waals surface area contributed by atoms with E-state index in [2.05, 4.69) is 12.2 Å². The summed E-state index contributed by atoms with van der Waals surface area (Å²) in [5, 5.41) is 3.29. The Labute approximate surface area is 103 Å². The smallest absolute Gasteiger partial charge is 0.227 e. The summed E-state index contributed by atoms with van der Waals surface area (Å²) in [7, 11) is 1.86. The molecule has 1 aromatic rings. The standard InChI is InChI=1S/C14H20N2O/c1-11-3-5-13(6-4-11)16(2)14(17)9-12-7-8-15-10-12/h3-6,12,15H,7-10H2,1-2H3. The minimum atomic E-state index is 0.211. The summed E-state index contributed by atoms with van der Waals surface area (Å²) in [6.07, 6.45) is 1.77. The number of aryl methyl sites for hydroxylation is 1. The van der Waals surface area contributed by atoms with Gasteiger partial charge in [-0.05, 0) is 44.5 Å². The maximum atomic E-state index is 12.1. The lowest BCUT2D eigenvalue weighted by molar-refractivity contribution is -0.119. The monoisotopic (exact) mass is 232 g/mol. The van der Waals surface area contributed by atoms with Gasteiger partial charge in [0.25, 0.3) is 0 Å². The Hall–Kier alpha value is -1.35. The largest absolute Gasteiger partial charge is 0.316 e. The van der Waals surface area contributed by atoms with Crippen molar-refractivity contribution in [1.82, 2.24) is 5.32 Å². The fourth-order valence-corrected chi connectivity index (χ4v) is 2.18. The first kappa shape index (κ1) is 12.1. The molecule has 0 saturated carbocycles. The zero-order valence-corrected chi connectivity index (χ0v) is 10.6. The van der Waals surface area contributed by atoms with Crippen LogP contribution < -0.4 is 10.2 Å². The lowest BCUT2D eigenvalue weighted by Crippen LogP contribution is -2.28. The molecule has 1 aliphatic rings. The molecule has 1 saturated heterocycles. The van der Waals surface area contributed by atoms with Gasteiger partial charge in [0.1, 0.15) is 0 Å². The van der Waals surface area contributed by atoms with Gasteiger partial charge in [0.05, 0.1) is 0 Å². The molecule has 0 aromatic heterocycles. The number of hydrogen-bond donors (Lipinski definition) is 1. The van der Waals surface area contributed by atoms with Gasteiger partial charge in [-0.2, -0.15) is 0 Å². The van der Waals surface area contributed by atoms with E-state index in [1.54, 1.807) is 4.90 Å². The summed E-state index contributed by atoms with van der Waals surface area (Å²) >= 11 is 0. The zero-order chi connectivity index (χ0) is 12.3. The minimum Gasteiger partial charge on any atom is -0.316 e. The Balaban J connectivity index is 1.96. The second kappa shape index (κ2) is 5.32. The van der Waals surface area contributed by atoms with Crippen molar-refractivity contribution in [1.29, 1.82) is 0 Å². The lowest BCUT2D eigenvalue weighted by Gasteiger charge is -2.19. The number of hydrogen-bond acceptors (Lipinski definition) is 2. The molecule has 1 amide bonds. The molecular formula is C14H20N2O. The van der Waals surface area contributed by atoms with Gasteiger partial charge < -0.3 is 10.2 Å². The molecule has 1 aliphatic heterocycles. The van der Waals surface area contributed by atoms with Gasteiger partial charge in [-0.25, -0.2) is 0 Å². The number of amides is 1. The summed E-state index contributed by atoms with van der Waals surface area (Å²) in [6.45, 7) is 4.08. The molecule has 0 aliphatic carbocycles. The second-order valence-electron chi connectivity index (χ2n) is 4.85. The Kier molecular flexibility index (Phi) is 3.79. The second-order valence-corrected chi connectivity index (χ2v) is 4.85. The van der Waals surface area contributed by atoms with Crippen molar-refractivity contribution in [2.75, 3.05) is 25.0 Å². The van der Waals surface area contributed by atoms with Gasteiger partial charge >= 0.3 is 0 Å². The molecule has 3 nitrogen and oxygen atoms in total. The van der Waals surface area contributed by atoms with Crippen molar-refractivity contribution in [2.45, 2.75) is 19.8 Å². The van der Waals surface area contributed by atoms with Crippen LogP contribution >= 0.6 is 0 Å². The highest BCUT2D eigenvalue weighted by Crippen LogP contribution is 2.18. The van der Waals surface area contributed by atoms with Crippen LogP contribution in [0.1, 0.15) is 18.4 Å². The Morgan fingerprint density at radius 1 is 1.41 bits per heavy atom. The molecule has 1 atom stereocenters. The molecular weight excluding hydrogens is 212 g/mol. The third-order valence-electron chi connectivity index (χ3n) is 3.42. The first-order valence-corrected chi connectivity index (χ1v) is 6.21. The Morgan fingerprint density at radius 2 is 2.12 bits per heavy atom. The van der Waals surface area contributed by atoms with Gasteiger partial charge in [0.2, 0.25) is 5.91 Å². The maximum absolute atomic E-state index is 12.1. The molecule has 0 spiro atoms.